The van der Waals surface area contributed by atoms with Gasteiger partial charge in [0.25, 0.3) is 5.91 Å². The molecule has 3 heterocycles. The number of carbonyl (C=O) groups excluding carboxylic acids is 2. The number of hydrogen-bond donors (Lipinski definition) is 1. The lowest BCUT2D eigenvalue weighted by Gasteiger charge is -2.24. The number of thioether (sulfide) groups is 1. The number of aromatic nitrogens is 2. The maximum atomic E-state index is 13.8. The number of carbonyl (C=O) groups is 2. The Morgan fingerprint density at radius 2 is 1.75 bits per heavy atom. The van der Waals surface area contributed by atoms with Crippen molar-refractivity contribution >= 4 is 50.9 Å². The van der Waals surface area contributed by atoms with Gasteiger partial charge in [-0.25, -0.2) is 0 Å². The minimum atomic E-state index is -0.887. The SMILES string of the molecule is CCc1ccc([C@@H]2C(C(=O)c3cc4ccccc4o3)=C(O)C(=O)N2c2nnc(SCc3ccc(C)cc3)s2)cc1. The number of nitrogens with zero attached hydrogens (tertiary/aromatic N) is 3. The number of fused-ring (bicyclic) bond motifs is 1. The van der Waals surface area contributed by atoms with E-state index in [1.807, 2.05) is 49.4 Å². The molecule has 0 spiro atoms. The fourth-order valence-electron chi connectivity index (χ4n) is 4.70. The molecule has 0 radical (unpaired) electrons. The number of rotatable bonds is 8. The first kappa shape index (κ1) is 26.0. The summed E-state index contributed by atoms with van der Waals surface area (Å²) >= 11 is 2.77. The predicted molar refractivity (Wildman–Crippen MR) is 157 cm³/mol. The first-order chi connectivity index (χ1) is 19.4. The Bertz CT molecular complexity index is 1720. The van der Waals surface area contributed by atoms with Gasteiger partial charge in [0.2, 0.25) is 10.9 Å². The maximum absolute atomic E-state index is 13.8. The van der Waals surface area contributed by atoms with Crippen LogP contribution in [0.5, 0.6) is 0 Å². The van der Waals surface area contributed by atoms with E-state index in [-0.39, 0.29) is 11.3 Å². The van der Waals surface area contributed by atoms with Crippen LogP contribution in [0, 0.1) is 6.92 Å². The lowest BCUT2D eigenvalue weighted by atomic mass is 9.94. The highest BCUT2D eigenvalue weighted by molar-refractivity contribution is 8.00. The Kier molecular flexibility index (Phi) is 7.00. The smallest absolute Gasteiger partial charge is 0.296 e. The van der Waals surface area contributed by atoms with Gasteiger partial charge >= 0.3 is 0 Å². The summed E-state index contributed by atoms with van der Waals surface area (Å²) < 4.78 is 6.50. The molecule has 200 valence electrons. The molecule has 1 atom stereocenters. The van der Waals surface area contributed by atoms with Crippen LogP contribution in [0.25, 0.3) is 11.0 Å². The molecular weight excluding hydrogens is 542 g/mol. The summed E-state index contributed by atoms with van der Waals surface area (Å²) in [5.74, 6) is -1.11. The van der Waals surface area contributed by atoms with Crippen LogP contribution in [0.3, 0.4) is 0 Å². The largest absolute Gasteiger partial charge is 0.503 e. The zero-order valence-corrected chi connectivity index (χ0v) is 23.5. The quantitative estimate of drug-likeness (QED) is 0.120. The minimum Gasteiger partial charge on any atom is -0.503 e. The second-order valence-electron chi connectivity index (χ2n) is 9.54. The van der Waals surface area contributed by atoms with E-state index in [4.69, 9.17) is 4.42 Å². The highest BCUT2D eigenvalue weighted by Gasteiger charge is 2.46. The number of ketones is 1. The Morgan fingerprint density at radius 1 is 1.02 bits per heavy atom. The van der Waals surface area contributed by atoms with Gasteiger partial charge in [-0.15, -0.1) is 10.2 Å². The minimum absolute atomic E-state index is 0.0441. The first-order valence-electron chi connectivity index (χ1n) is 12.8. The van der Waals surface area contributed by atoms with Crippen LogP contribution in [0.15, 0.2) is 99.0 Å². The van der Waals surface area contributed by atoms with Crippen molar-refractivity contribution in [2.75, 3.05) is 4.90 Å². The van der Waals surface area contributed by atoms with Crippen molar-refractivity contribution in [2.24, 2.45) is 0 Å². The van der Waals surface area contributed by atoms with Crippen LogP contribution in [-0.2, 0) is 17.0 Å². The number of furan rings is 1. The average Bonchev–Trinajstić information content (AvgIpc) is 3.69. The number of para-hydroxylation sites is 1. The maximum Gasteiger partial charge on any atom is 0.296 e. The molecule has 2 aromatic heterocycles. The van der Waals surface area contributed by atoms with Crippen LogP contribution in [0.4, 0.5) is 5.13 Å². The van der Waals surface area contributed by atoms with E-state index in [9.17, 15) is 14.7 Å². The topological polar surface area (TPSA) is 96.5 Å². The average molecular weight is 568 g/mol. The van der Waals surface area contributed by atoms with Crippen LogP contribution in [-0.4, -0.2) is 27.0 Å². The standard InChI is InChI=1S/C31H25N3O4S2/c1-3-19-12-14-21(15-13-19)26-25(27(35)24-16-22-6-4-5-7-23(22)38-24)28(36)29(37)34(26)30-32-33-31(40-30)39-17-20-10-8-18(2)9-11-20/h4-16,26,36H,3,17H2,1-2H3/t26-/m1/s1. The molecule has 9 heteroatoms. The summed E-state index contributed by atoms with van der Waals surface area (Å²) in [5.41, 5.74) is 4.64. The number of Topliss-reactive ketones (excluding diaryl/α,β-unsaturated/α-hetero) is 1. The van der Waals surface area contributed by atoms with E-state index >= 15 is 0 Å². The Hall–Kier alpha value is -4.21. The molecule has 0 saturated carbocycles. The third-order valence-corrected chi connectivity index (χ3v) is 9.02. The van der Waals surface area contributed by atoms with Gasteiger partial charge in [0.1, 0.15) is 5.58 Å². The van der Waals surface area contributed by atoms with E-state index in [0.717, 1.165) is 22.9 Å². The second kappa shape index (κ2) is 10.7. The zero-order chi connectivity index (χ0) is 27.8. The van der Waals surface area contributed by atoms with Crippen LogP contribution < -0.4 is 4.90 Å². The Labute approximate surface area is 239 Å². The van der Waals surface area contributed by atoms with E-state index < -0.39 is 23.5 Å². The van der Waals surface area contributed by atoms with E-state index in [2.05, 4.69) is 41.4 Å². The van der Waals surface area contributed by atoms with Gasteiger partial charge in [-0.05, 0) is 42.2 Å². The third-order valence-electron chi connectivity index (χ3n) is 6.89. The lowest BCUT2D eigenvalue weighted by molar-refractivity contribution is -0.117. The highest BCUT2D eigenvalue weighted by Crippen LogP contribution is 2.44. The molecule has 1 aliphatic rings. The Morgan fingerprint density at radius 3 is 2.48 bits per heavy atom. The van der Waals surface area contributed by atoms with Crippen molar-refractivity contribution in [3.05, 3.63) is 118 Å². The highest BCUT2D eigenvalue weighted by atomic mass is 32.2. The summed E-state index contributed by atoms with van der Waals surface area (Å²) in [6.07, 6.45) is 0.845. The van der Waals surface area contributed by atoms with E-state index in [0.29, 0.717) is 26.4 Å². The van der Waals surface area contributed by atoms with Gasteiger partial charge in [0, 0.05) is 11.1 Å². The molecule has 1 amide bonds. The first-order valence-corrected chi connectivity index (χ1v) is 14.6. The molecule has 1 aliphatic heterocycles. The Balaban J connectivity index is 1.36. The molecule has 0 aliphatic carbocycles. The van der Waals surface area contributed by atoms with Crippen molar-refractivity contribution in [1.82, 2.24) is 10.2 Å². The third kappa shape index (κ3) is 4.82. The number of aryl methyl sites for hydroxylation is 2. The molecule has 0 bridgehead atoms. The summed E-state index contributed by atoms with van der Waals surface area (Å²) in [7, 11) is 0. The molecule has 3 aromatic carbocycles. The van der Waals surface area contributed by atoms with Gasteiger partial charge in [-0.1, -0.05) is 102 Å². The number of hydrogen-bond acceptors (Lipinski definition) is 8. The summed E-state index contributed by atoms with van der Waals surface area (Å²) in [6.45, 7) is 4.10. The predicted octanol–water partition coefficient (Wildman–Crippen LogP) is 7.23. The second-order valence-corrected chi connectivity index (χ2v) is 11.7. The summed E-state index contributed by atoms with van der Waals surface area (Å²) in [5, 5.41) is 20.8. The van der Waals surface area contributed by atoms with E-state index in [1.165, 1.54) is 33.6 Å². The fraction of sp³-hybridized carbons (Fsp3) is 0.161. The number of amides is 1. The molecular formula is C31H25N3O4S2. The molecule has 40 heavy (non-hydrogen) atoms. The summed E-state index contributed by atoms with van der Waals surface area (Å²) in [6, 6.07) is 24.0. The van der Waals surface area contributed by atoms with Gasteiger partial charge in [0.15, 0.2) is 15.9 Å². The van der Waals surface area contributed by atoms with Crippen LogP contribution in [0.2, 0.25) is 0 Å². The number of anilines is 1. The van der Waals surface area contributed by atoms with Crippen LogP contribution in [0.1, 0.15) is 45.8 Å². The molecule has 6 rings (SSSR count). The number of benzene rings is 3. The van der Waals surface area contributed by atoms with E-state index in [1.54, 1.807) is 12.1 Å². The number of aliphatic hydroxyl groups excluding tert-OH is 1. The van der Waals surface area contributed by atoms with Crippen molar-refractivity contribution < 1.29 is 19.1 Å². The fourth-order valence-corrected chi connectivity index (χ4v) is 6.52. The normalized spacial score (nSPS) is 15.4. The zero-order valence-electron chi connectivity index (χ0n) is 21.8. The van der Waals surface area contributed by atoms with Gasteiger partial charge in [0.05, 0.1) is 11.6 Å². The van der Waals surface area contributed by atoms with Gasteiger partial charge in [-0.2, -0.15) is 0 Å². The van der Waals surface area contributed by atoms with Crippen molar-refractivity contribution in [3.63, 3.8) is 0 Å². The molecule has 1 N–H and O–H groups in total. The van der Waals surface area contributed by atoms with Gasteiger partial charge < -0.3 is 9.52 Å². The van der Waals surface area contributed by atoms with Crippen molar-refractivity contribution in [3.8, 4) is 0 Å². The molecule has 0 unspecified atom stereocenters. The van der Waals surface area contributed by atoms with Crippen molar-refractivity contribution in [2.45, 2.75) is 36.4 Å². The monoisotopic (exact) mass is 567 g/mol. The molecule has 0 saturated heterocycles. The lowest BCUT2D eigenvalue weighted by Crippen LogP contribution is -2.31. The molecule has 0 fully saturated rings. The summed E-state index contributed by atoms with van der Waals surface area (Å²) in [4.78, 5) is 28.7. The molecule has 7 nitrogen and oxygen atoms in total. The number of aliphatic hydroxyl groups is 1. The van der Waals surface area contributed by atoms with Crippen LogP contribution >= 0.6 is 23.1 Å². The van der Waals surface area contributed by atoms with Gasteiger partial charge in [-0.3, -0.25) is 14.5 Å². The molecule has 5 aromatic rings. The van der Waals surface area contributed by atoms with Crippen molar-refractivity contribution in [1.29, 1.82) is 0 Å².